The van der Waals surface area contributed by atoms with E-state index in [1.165, 1.54) is 17.1 Å². The highest BCUT2D eigenvalue weighted by atomic mass is 35.5. The van der Waals surface area contributed by atoms with Crippen molar-refractivity contribution in [2.45, 2.75) is 25.9 Å². The van der Waals surface area contributed by atoms with Crippen molar-refractivity contribution in [1.82, 2.24) is 0 Å². The fraction of sp³-hybridized carbons (Fsp3) is 0.222. The van der Waals surface area contributed by atoms with Gasteiger partial charge in [-0.3, -0.25) is 9.59 Å². The quantitative estimate of drug-likeness (QED) is 0.756. The molecule has 2 heterocycles. The monoisotopic (exact) mass is 372 g/mol. The molecule has 2 aromatic carbocycles. The minimum atomic E-state index is -0.953. The molecule has 2 atom stereocenters. The van der Waals surface area contributed by atoms with Gasteiger partial charge in [0.25, 0.3) is 11.8 Å². The number of rotatable bonds is 2. The first-order valence-corrected chi connectivity index (χ1v) is 8.37. The summed E-state index contributed by atoms with van der Waals surface area (Å²) in [6.45, 7) is 3.41. The lowest BCUT2D eigenvalue weighted by Crippen LogP contribution is -2.40. The van der Waals surface area contributed by atoms with E-state index in [2.05, 4.69) is 10.3 Å². The van der Waals surface area contributed by atoms with Gasteiger partial charge in [0, 0.05) is 5.02 Å². The molecule has 2 aliphatic heterocycles. The number of fused-ring (bicyclic) bond motifs is 1. The van der Waals surface area contributed by atoms with E-state index in [-0.39, 0.29) is 5.69 Å². The summed E-state index contributed by atoms with van der Waals surface area (Å²) >= 11 is 6.15. The number of amides is 2. The molecule has 0 bridgehead atoms. The lowest BCUT2D eigenvalue weighted by molar-refractivity contribution is -0.121. The molecule has 2 aromatic rings. The van der Waals surface area contributed by atoms with Gasteiger partial charge in [-0.2, -0.15) is 5.11 Å². The fourth-order valence-electron chi connectivity index (χ4n) is 3.18. The number of carbonyl (C=O) groups is 2. The Bertz CT molecular complexity index is 978. The summed E-state index contributed by atoms with van der Waals surface area (Å²) in [6.07, 6.45) is 0. The Labute approximate surface area is 153 Å². The van der Waals surface area contributed by atoms with Gasteiger partial charge >= 0.3 is 0 Å². The normalized spacial score (nSPS) is 21.7. The standard InChI is InChI=1S/C18H14ClFN4O2/c1-9-6-7-11(8-13(9)20)23-17(25)15-16(18(23)26)24(22-21-15)14-5-3-4-12(19)10(14)2/h3-8,15-16H,1-2H3/t15-,16+/m0/s1. The second-order valence-corrected chi connectivity index (χ2v) is 6.68. The van der Waals surface area contributed by atoms with E-state index >= 15 is 0 Å². The van der Waals surface area contributed by atoms with Gasteiger partial charge in [-0.05, 0) is 49.2 Å². The van der Waals surface area contributed by atoms with Gasteiger partial charge in [-0.1, -0.05) is 29.0 Å². The van der Waals surface area contributed by atoms with Crippen molar-refractivity contribution in [2.24, 2.45) is 10.3 Å². The Hall–Kier alpha value is -2.80. The van der Waals surface area contributed by atoms with Crippen LogP contribution in [0.15, 0.2) is 46.7 Å². The summed E-state index contributed by atoms with van der Waals surface area (Å²) in [4.78, 5) is 26.6. The first-order chi connectivity index (χ1) is 12.4. The molecule has 1 fully saturated rings. The molecule has 4 rings (SSSR count). The molecule has 0 spiro atoms. The predicted molar refractivity (Wildman–Crippen MR) is 94.7 cm³/mol. The van der Waals surface area contributed by atoms with Gasteiger partial charge in [0.1, 0.15) is 5.82 Å². The largest absolute Gasteiger partial charge is 0.271 e. The van der Waals surface area contributed by atoms with Crippen LogP contribution in [0.4, 0.5) is 15.8 Å². The van der Waals surface area contributed by atoms with E-state index < -0.39 is 29.7 Å². The summed E-state index contributed by atoms with van der Waals surface area (Å²) in [5.41, 5.74) is 1.96. The molecule has 0 saturated carbocycles. The molecule has 1 saturated heterocycles. The smallest absolute Gasteiger partial charge is 0.263 e. The lowest BCUT2D eigenvalue weighted by atomic mass is 10.1. The average molecular weight is 373 g/mol. The maximum Gasteiger partial charge on any atom is 0.263 e. The van der Waals surface area contributed by atoms with Gasteiger partial charge in [0.2, 0.25) is 0 Å². The van der Waals surface area contributed by atoms with Gasteiger partial charge in [0.05, 0.1) is 11.4 Å². The van der Waals surface area contributed by atoms with Crippen molar-refractivity contribution in [2.75, 3.05) is 9.91 Å². The first kappa shape index (κ1) is 16.7. The van der Waals surface area contributed by atoms with E-state index in [4.69, 9.17) is 11.6 Å². The van der Waals surface area contributed by atoms with Gasteiger partial charge in [-0.25, -0.2) is 14.3 Å². The molecule has 132 valence electrons. The Morgan fingerprint density at radius 3 is 2.62 bits per heavy atom. The van der Waals surface area contributed by atoms with Crippen LogP contribution >= 0.6 is 11.6 Å². The second kappa shape index (κ2) is 5.88. The maximum absolute atomic E-state index is 13.9. The molecule has 8 heteroatoms. The molecule has 26 heavy (non-hydrogen) atoms. The van der Waals surface area contributed by atoms with Crippen molar-refractivity contribution < 1.29 is 14.0 Å². The minimum absolute atomic E-state index is 0.190. The third kappa shape index (κ3) is 2.31. The summed E-state index contributed by atoms with van der Waals surface area (Å²) in [5, 5.41) is 9.92. The Kier molecular flexibility index (Phi) is 3.77. The number of aryl methyl sites for hydroxylation is 1. The predicted octanol–water partition coefficient (Wildman–Crippen LogP) is 3.59. The summed E-state index contributed by atoms with van der Waals surface area (Å²) < 4.78 is 13.9. The number of hydrogen-bond acceptors (Lipinski definition) is 5. The highest BCUT2D eigenvalue weighted by Crippen LogP contribution is 2.37. The SMILES string of the molecule is Cc1ccc(N2C(=O)[C@H]3N=NN(c4cccc(Cl)c4C)[C@H]3C2=O)cc1F. The van der Waals surface area contributed by atoms with Crippen molar-refractivity contribution >= 4 is 34.8 Å². The molecule has 0 aliphatic carbocycles. The molecular weight excluding hydrogens is 359 g/mol. The highest BCUT2D eigenvalue weighted by Gasteiger charge is 2.55. The van der Waals surface area contributed by atoms with Crippen LogP contribution in [0.2, 0.25) is 5.02 Å². The van der Waals surface area contributed by atoms with Crippen molar-refractivity contribution in [3.8, 4) is 0 Å². The van der Waals surface area contributed by atoms with Gasteiger partial charge in [0.15, 0.2) is 12.1 Å². The molecule has 0 N–H and O–H groups in total. The number of halogens is 2. The van der Waals surface area contributed by atoms with E-state index in [0.717, 1.165) is 10.5 Å². The third-order valence-corrected chi connectivity index (χ3v) is 5.09. The van der Waals surface area contributed by atoms with E-state index in [1.807, 2.05) is 0 Å². The van der Waals surface area contributed by atoms with Gasteiger partial charge < -0.3 is 0 Å². The number of nitrogens with zero attached hydrogens (tertiary/aromatic N) is 4. The number of imide groups is 1. The zero-order valence-electron chi connectivity index (χ0n) is 14.0. The second-order valence-electron chi connectivity index (χ2n) is 6.27. The van der Waals surface area contributed by atoms with Crippen LogP contribution in [0, 0.1) is 19.7 Å². The van der Waals surface area contributed by atoms with Crippen LogP contribution in [0.3, 0.4) is 0 Å². The third-order valence-electron chi connectivity index (χ3n) is 4.68. The van der Waals surface area contributed by atoms with Crippen molar-refractivity contribution in [3.63, 3.8) is 0 Å². The summed E-state index contributed by atoms with van der Waals surface area (Å²) in [7, 11) is 0. The van der Waals surface area contributed by atoms with Crippen molar-refractivity contribution in [1.29, 1.82) is 0 Å². The minimum Gasteiger partial charge on any atom is -0.271 e. The molecule has 0 aromatic heterocycles. The first-order valence-electron chi connectivity index (χ1n) is 7.99. The zero-order chi connectivity index (χ0) is 18.6. The Balaban J connectivity index is 1.74. The van der Waals surface area contributed by atoms with Crippen LogP contribution in [-0.4, -0.2) is 23.9 Å². The number of benzene rings is 2. The van der Waals surface area contributed by atoms with Crippen LogP contribution in [0.25, 0.3) is 0 Å². The molecular formula is C18H14ClFN4O2. The maximum atomic E-state index is 13.9. The van der Waals surface area contributed by atoms with Crippen LogP contribution in [-0.2, 0) is 9.59 Å². The topological polar surface area (TPSA) is 65.3 Å². The highest BCUT2D eigenvalue weighted by molar-refractivity contribution is 6.32. The summed E-state index contributed by atoms with van der Waals surface area (Å²) in [5.74, 6) is -1.49. The zero-order valence-corrected chi connectivity index (χ0v) is 14.7. The number of hydrogen-bond donors (Lipinski definition) is 0. The molecule has 2 aliphatic rings. The lowest BCUT2D eigenvalue weighted by Gasteiger charge is -2.22. The average Bonchev–Trinajstić information content (AvgIpc) is 3.14. The van der Waals surface area contributed by atoms with E-state index in [0.29, 0.717) is 16.3 Å². The fourth-order valence-corrected chi connectivity index (χ4v) is 3.35. The Morgan fingerprint density at radius 1 is 1.12 bits per heavy atom. The number of carbonyl (C=O) groups excluding carboxylic acids is 2. The molecule has 0 radical (unpaired) electrons. The molecule has 0 unspecified atom stereocenters. The van der Waals surface area contributed by atoms with Crippen molar-refractivity contribution in [3.05, 3.63) is 58.4 Å². The summed E-state index contributed by atoms with van der Waals surface area (Å²) in [6, 6.07) is 7.62. The van der Waals surface area contributed by atoms with Crippen LogP contribution in [0.1, 0.15) is 11.1 Å². The Morgan fingerprint density at radius 2 is 1.88 bits per heavy atom. The molecule has 2 amide bonds. The number of anilines is 2. The van der Waals surface area contributed by atoms with E-state index in [1.54, 1.807) is 38.1 Å². The van der Waals surface area contributed by atoms with Crippen LogP contribution < -0.4 is 9.91 Å². The van der Waals surface area contributed by atoms with Crippen LogP contribution in [0.5, 0.6) is 0 Å². The van der Waals surface area contributed by atoms with E-state index in [9.17, 15) is 14.0 Å². The van der Waals surface area contributed by atoms with Gasteiger partial charge in [-0.15, -0.1) is 0 Å². The molecule has 6 nitrogen and oxygen atoms in total.